The van der Waals surface area contributed by atoms with Gasteiger partial charge in [-0.3, -0.25) is 9.59 Å². The Morgan fingerprint density at radius 3 is 2.63 bits per heavy atom. The number of rotatable bonds is 2. The van der Waals surface area contributed by atoms with Gasteiger partial charge in [0.1, 0.15) is 6.10 Å². The minimum Gasteiger partial charge on any atom is -0.481 e. The molecule has 3 fully saturated rings. The van der Waals surface area contributed by atoms with E-state index in [-0.39, 0.29) is 34.9 Å². The lowest BCUT2D eigenvalue weighted by Crippen LogP contribution is -2.56. The number of carbonyl (C=O) groups is 2. The maximum absolute atomic E-state index is 12.3. The molecule has 0 aromatic rings. The van der Waals surface area contributed by atoms with Gasteiger partial charge < -0.3 is 10.2 Å². The molecule has 0 aromatic heterocycles. The first-order chi connectivity index (χ1) is 12.6. The number of carboxylic acids is 1. The number of hydrogen-bond donors (Lipinski definition) is 2. The van der Waals surface area contributed by atoms with Gasteiger partial charge in [-0.05, 0) is 78.8 Å². The van der Waals surface area contributed by atoms with Crippen molar-refractivity contribution in [1.29, 1.82) is 0 Å². The fourth-order valence-corrected chi connectivity index (χ4v) is 7.59. The third-order valence-corrected chi connectivity index (χ3v) is 9.27. The molecule has 0 bridgehead atoms. The number of fused-ring (bicyclic) bond motifs is 5. The van der Waals surface area contributed by atoms with Gasteiger partial charge in [0.2, 0.25) is 0 Å². The third-order valence-electron chi connectivity index (χ3n) is 9.27. The van der Waals surface area contributed by atoms with Crippen molar-refractivity contribution in [3.63, 3.8) is 0 Å². The molecule has 4 aliphatic rings. The molecular formula is C23H32O4. The molecule has 0 aromatic carbocycles. The van der Waals surface area contributed by atoms with Crippen LogP contribution < -0.4 is 0 Å². The van der Waals surface area contributed by atoms with Gasteiger partial charge in [0.15, 0.2) is 5.78 Å². The summed E-state index contributed by atoms with van der Waals surface area (Å²) in [5.74, 6) is 0.686. The average molecular weight is 373 g/mol. The summed E-state index contributed by atoms with van der Waals surface area (Å²) in [6, 6.07) is 0. The van der Waals surface area contributed by atoms with Crippen molar-refractivity contribution in [2.75, 3.05) is 0 Å². The van der Waals surface area contributed by atoms with Gasteiger partial charge in [-0.2, -0.15) is 0 Å². The molecule has 4 nitrogen and oxygen atoms in total. The summed E-state index contributed by atoms with van der Waals surface area (Å²) >= 11 is 0. The van der Waals surface area contributed by atoms with E-state index in [9.17, 15) is 19.8 Å². The first-order valence-corrected chi connectivity index (χ1v) is 10.4. The van der Waals surface area contributed by atoms with Crippen LogP contribution >= 0.6 is 0 Å². The maximum Gasteiger partial charge on any atom is 0.303 e. The van der Waals surface area contributed by atoms with E-state index in [2.05, 4.69) is 20.4 Å². The molecule has 0 spiro atoms. The van der Waals surface area contributed by atoms with E-state index >= 15 is 0 Å². The zero-order chi connectivity index (χ0) is 19.7. The van der Waals surface area contributed by atoms with Crippen molar-refractivity contribution >= 4 is 11.8 Å². The van der Waals surface area contributed by atoms with E-state index in [1.54, 1.807) is 6.08 Å². The van der Waals surface area contributed by atoms with Crippen LogP contribution in [-0.4, -0.2) is 28.1 Å². The third kappa shape index (κ3) is 2.45. The number of aliphatic carboxylic acids is 1. The molecule has 0 amide bonds. The Morgan fingerprint density at radius 1 is 1.26 bits per heavy atom. The number of hydrogen-bond acceptors (Lipinski definition) is 3. The van der Waals surface area contributed by atoms with Crippen LogP contribution in [0.3, 0.4) is 0 Å². The largest absolute Gasteiger partial charge is 0.481 e. The minimum absolute atomic E-state index is 0.0871. The van der Waals surface area contributed by atoms with Crippen molar-refractivity contribution in [2.45, 2.75) is 65.4 Å². The summed E-state index contributed by atoms with van der Waals surface area (Å²) in [4.78, 5) is 23.6. The van der Waals surface area contributed by atoms with Gasteiger partial charge in [0.25, 0.3) is 0 Å². The molecule has 0 heterocycles. The van der Waals surface area contributed by atoms with Gasteiger partial charge in [0.05, 0.1) is 0 Å². The molecule has 0 saturated heterocycles. The smallest absolute Gasteiger partial charge is 0.303 e. The number of allylic oxidation sites excluding steroid dienone is 2. The van der Waals surface area contributed by atoms with Gasteiger partial charge >= 0.3 is 5.97 Å². The van der Waals surface area contributed by atoms with Crippen LogP contribution in [0.15, 0.2) is 23.8 Å². The Hall–Kier alpha value is -1.42. The second-order valence-electron chi connectivity index (χ2n) is 10.1. The number of carboxylic acid groups (broad SMARTS) is 1. The number of aliphatic hydroxyl groups is 1. The summed E-state index contributed by atoms with van der Waals surface area (Å²) < 4.78 is 0. The Bertz CT molecular complexity index is 737. The fraction of sp³-hybridized carbons (Fsp3) is 0.739. The topological polar surface area (TPSA) is 74.6 Å². The maximum atomic E-state index is 12.3. The molecule has 27 heavy (non-hydrogen) atoms. The van der Waals surface area contributed by atoms with E-state index in [0.29, 0.717) is 17.8 Å². The van der Waals surface area contributed by atoms with Gasteiger partial charge in [0, 0.05) is 11.8 Å². The highest BCUT2D eigenvalue weighted by Gasteiger charge is 2.62. The van der Waals surface area contributed by atoms with Crippen molar-refractivity contribution in [2.24, 2.45) is 40.4 Å². The molecule has 0 radical (unpaired) electrons. The molecule has 3 unspecified atom stereocenters. The Labute approximate surface area is 161 Å². The number of carbonyl (C=O) groups excluding carboxylic acids is 1. The minimum atomic E-state index is -0.929. The van der Waals surface area contributed by atoms with Gasteiger partial charge in [-0.15, -0.1) is 0 Å². The van der Waals surface area contributed by atoms with Crippen LogP contribution in [-0.2, 0) is 9.59 Å². The van der Waals surface area contributed by atoms with Crippen LogP contribution in [0.1, 0.15) is 59.3 Å². The summed E-state index contributed by atoms with van der Waals surface area (Å²) in [5, 5.41) is 19.9. The van der Waals surface area contributed by atoms with Crippen molar-refractivity contribution in [3.8, 4) is 0 Å². The van der Waals surface area contributed by atoms with E-state index in [0.717, 1.165) is 43.3 Å². The number of aliphatic hydroxyl groups excluding tert-OH is 1. The molecular weight excluding hydrogens is 340 g/mol. The standard InChI is InChI=1S/C23H32O4/c1-12-9-15-16-6-5-14(10-20(25)26)22(16,3)8-7-17(15)23(4)13(2)21(27)19(24)11-18(12)23/h11,13-17,21,27H,1,5-10H2,2-4H3,(H,25,26)/t13?,14?,15-,16-,17+,21?,22+,23+/m0/s1. The lowest BCUT2D eigenvalue weighted by atomic mass is 9.44. The second-order valence-corrected chi connectivity index (χ2v) is 10.1. The predicted molar refractivity (Wildman–Crippen MR) is 103 cm³/mol. The lowest BCUT2D eigenvalue weighted by molar-refractivity contribution is -0.140. The van der Waals surface area contributed by atoms with Gasteiger partial charge in [-0.1, -0.05) is 32.9 Å². The fourth-order valence-electron chi connectivity index (χ4n) is 7.59. The van der Waals surface area contributed by atoms with E-state index in [1.165, 1.54) is 0 Å². The molecule has 4 heteroatoms. The highest BCUT2D eigenvalue weighted by Crippen LogP contribution is 2.68. The highest BCUT2D eigenvalue weighted by atomic mass is 16.4. The van der Waals surface area contributed by atoms with Crippen LogP contribution in [0.5, 0.6) is 0 Å². The SMILES string of the molecule is C=C1C[C@@H]2[C@@H](CC[C@]3(C)C(CC(=O)O)CC[C@@H]23)[C@]2(C)C1=CC(=O)C(O)C2C. The monoisotopic (exact) mass is 372 g/mol. The second kappa shape index (κ2) is 6.04. The quantitative estimate of drug-likeness (QED) is 0.768. The van der Waals surface area contributed by atoms with Crippen LogP contribution in [0, 0.1) is 40.4 Å². The zero-order valence-electron chi connectivity index (χ0n) is 16.7. The molecule has 148 valence electrons. The molecule has 0 aliphatic heterocycles. The Balaban J connectivity index is 1.72. The molecule has 4 rings (SSSR count). The Kier molecular flexibility index (Phi) is 4.23. The average Bonchev–Trinajstić information content (AvgIpc) is 2.92. The Morgan fingerprint density at radius 2 is 1.96 bits per heavy atom. The summed E-state index contributed by atoms with van der Waals surface area (Å²) in [6.07, 6.45) is 6.09. The predicted octanol–water partition coefficient (Wildman–Crippen LogP) is 3.99. The molecule has 3 saturated carbocycles. The van der Waals surface area contributed by atoms with E-state index < -0.39 is 12.1 Å². The van der Waals surface area contributed by atoms with Gasteiger partial charge in [-0.25, -0.2) is 0 Å². The van der Waals surface area contributed by atoms with Crippen molar-refractivity contribution in [3.05, 3.63) is 23.8 Å². The number of ketones is 1. The summed E-state index contributed by atoms with van der Waals surface area (Å²) in [6.45, 7) is 10.9. The van der Waals surface area contributed by atoms with E-state index in [4.69, 9.17) is 0 Å². The molecule has 4 aliphatic carbocycles. The zero-order valence-corrected chi connectivity index (χ0v) is 16.7. The molecule has 8 atom stereocenters. The van der Waals surface area contributed by atoms with Crippen LogP contribution in [0.25, 0.3) is 0 Å². The van der Waals surface area contributed by atoms with E-state index in [1.807, 2.05) is 6.92 Å². The van der Waals surface area contributed by atoms with Crippen molar-refractivity contribution < 1.29 is 19.8 Å². The highest BCUT2D eigenvalue weighted by molar-refractivity contribution is 5.96. The summed E-state index contributed by atoms with van der Waals surface area (Å²) in [5.41, 5.74) is 1.98. The van der Waals surface area contributed by atoms with Crippen LogP contribution in [0.4, 0.5) is 0 Å². The van der Waals surface area contributed by atoms with Crippen molar-refractivity contribution in [1.82, 2.24) is 0 Å². The van der Waals surface area contributed by atoms with Crippen LogP contribution in [0.2, 0.25) is 0 Å². The normalized spacial score (nSPS) is 49.1. The first kappa shape index (κ1) is 18.9. The lowest BCUT2D eigenvalue weighted by Gasteiger charge is -2.60. The summed E-state index contributed by atoms with van der Waals surface area (Å²) in [7, 11) is 0. The first-order valence-electron chi connectivity index (χ1n) is 10.4. The molecule has 2 N–H and O–H groups in total.